The van der Waals surface area contributed by atoms with E-state index in [9.17, 15) is 4.39 Å². The summed E-state index contributed by atoms with van der Waals surface area (Å²) in [5.74, 6) is -0.138. The van der Waals surface area contributed by atoms with Crippen LogP contribution in [0.1, 0.15) is 26.2 Å². The van der Waals surface area contributed by atoms with Crippen molar-refractivity contribution in [2.24, 2.45) is 0 Å². The van der Waals surface area contributed by atoms with Crippen molar-refractivity contribution < 1.29 is 4.39 Å². The monoisotopic (exact) mass is 314 g/mol. The van der Waals surface area contributed by atoms with Crippen molar-refractivity contribution in [2.45, 2.75) is 32.2 Å². The lowest BCUT2D eigenvalue weighted by molar-refractivity contribution is 0.420. The first-order valence-electron chi connectivity index (χ1n) is 6.64. The van der Waals surface area contributed by atoms with Gasteiger partial charge in [-0.2, -0.15) is 0 Å². The van der Waals surface area contributed by atoms with Gasteiger partial charge in [-0.05, 0) is 44.0 Å². The predicted octanol–water partition coefficient (Wildman–Crippen LogP) is 3.56. The zero-order valence-electron chi connectivity index (χ0n) is 10.8. The molecule has 1 atom stereocenters. The Morgan fingerprint density at radius 2 is 2.33 bits per heavy atom. The second kappa shape index (κ2) is 6.53. The highest BCUT2D eigenvalue weighted by Crippen LogP contribution is 2.25. The molecule has 4 heteroatoms. The minimum Gasteiger partial charge on any atom is -0.368 e. The van der Waals surface area contributed by atoms with Gasteiger partial charge < -0.3 is 10.2 Å². The molecule has 2 nitrogen and oxygen atoms in total. The first-order chi connectivity index (χ1) is 8.70. The third-order valence-corrected chi connectivity index (χ3v) is 3.85. The van der Waals surface area contributed by atoms with Gasteiger partial charge >= 0.3 is 0 Å². The van der Waals surface area contributed by atoms with E-state index in [0.717, 1.165) is 42.6 Å². The maximum absolute atomic E-state index is 13.9. The summed E-state index contributed by atoms with van der Waals surface area (Å²) in [6.45, 7) is 5.06. The summed E-state index contributed by atoms with van der Waals surface area (Å²) in [7, 11) is 0. The van der Waals surface area contributed by atoms with Crippen LogP contribution < -0.4 is 10.2 Å². The minimum atomic E-state index is -0.138. The van der Waals surface area contributed by atoms with Crippen LogP contribution in [0.3, 0.4) is 0 Å². The van der Waals surface area contributed by atoms with E-state index in [-0.39, 0.29) is 5.82 Å². The topological polar surface area (TPSA) is 15.3 Å². The van der Waals surface area contributed by atoms with Crippen LogP contribution in [0.15, 0.2) is 22.7 Å². The predicted molar refractivity (Wildman–Crippen MR) is 77.6 cm³/mol. The highest BCUT2D eigenvalue weighted by Gasteiger charge is 2.21. The molecule has 1 unspecified atom stereocenters. The van der Waals surface area contributed by atoms with Gasteiger partial charge in [0.15, 0.2) is 0 Å². The Balaban J connectivity index is 2.03. The number of piperidine rings is 1. The molecular weight excluding hydrogens is 295 g/mol. The molecule has 0 aromatic heterocycles. The maximum Gasteiger partial charge on any atom is 0.147 e. The van der Waals surface area contributed by atoms with Crippen molar-refractivity contribution >= 4 is 21.6 Å². The Labute approximate surface area is 117 Å². The fourth-order valence-corrected chi connectivity index (χ4v) is 2.78. The summed E-state index contributed by atoms with van der Waals surface area (Å²) >= 11 is 3.30. The maximum atomic E-state index is 13.9. The third-order valence-electron chi connectivity index (χ3n) is 3.35. The summed E-state index contributed by atoms with van der Waals surface area (Å²) in [5, 5.41) is 3.53. The van der Waals surface area contributed by atoms with E-state index in [4.69, 9.17) is 0 Å². The zero-order chi connectivity index (χ0) is 13.0. The van der Waals surface area contributed by atoms with Gasteiger partial charge in [0.05, 0.1) is 5.69 Å². The van der Waals surface area contributed by atoms with Gasteiger partial charge in [0, 0.05) is 23.6 Å². The second-order valence-electron chi connectivity index (χ2n) is 4.84. The zero-order valence-corrected chi connectivity index (χ0v) is 12.3. The van der Waals surface area contributed by atoms with Gasteiger partial charge in [0.1, 0.15) is 5.82 Å². The van der Waals surface area contributed by atoms with Crippen LogP contribution in [0.5, 0.6) is 0 Å². The summed E-state index contributed by atoms with van der Waals surface area (Å²) < 4.78 is 14.7. The summed E-state index contributed by atoms with van der Waals surface area (Å²) in [5.41, 5.74) is 0.723. The van der Waals surface area contributed by atoms with E-state index in [1.807, 2.05) is 12.1 Å². The van der Waals surface area contributed by atoms with Crippen LogP contribution in [-0.4, -0.2) is 25.7 Å². The smallest absolute Gasteiger partial charge is 0.147 e. The molecule has 0 bridgehead atoms. The summed E-state index contributed by atoms with van der Waals surface area (Å²) in [4.78, 5) is 2.15. The molecule has 1 aliphatic rings. The van der Waals surface area contributed by atoms with Crippen molar-refractivity contribution in [2.75, 3.05) is 24.5 Å². The molecule has 0 aliphatic carbocycles. The van der Waals surface area contributed by atoms with Crippen LogP contribution in [-0.2, 0) is 0 Å². The third kappa shape index (κ3) is 3.45. The van der Waals surface area contributed by atoms with Gasteiger partial charge in [-0.3, -0.25) is 0 Å². The van der Waals surface area contributed by atoms with E-state index in [2.05, 4.69) is 33.1 Å². The van der Waals surface area contributed by atoms with E-state index in [1.54, 1.807) is 6.07 Å². The highest BCUT2D eigenvalue weighted by atomic mass is 79.9. The number of rotatable bonds is 4. The molecule has 1 N–H and O–H groups in total. The minimum absolute atomic E-state index is 0.138. The van der Waals surface area contributed by atoms with Crippen molar-refractivity contribution in [1.82, 2.24) is 5.32 Å². The standard InChI is InChI=1S/C14H20BrFN2/c1-2-7-17-12-4-3-8-18(10-12)14-6-5-11(15)9-13(14)16/h5-6,9,12,17H,2-4,7-8,10H2,1H3. The van der Waals surface area contributed by atoms with Gasteiger partial charge in [-0.15, -0.1) is 0 Å². The molecule has 2 rings (SSSR count). The van der Waals surface area contributed by atoms with Crippen LogP contribution >= 0.6 is 15.9 Å². The normalized spacial score (nSPS) is 20.2. The Morgan fingerprint density at radius 3 is 3.06 bits per heavy atom. The number of hydrogen-bond donors (Lipinski definition) is 1. The second-order valence-corrected chi connectivity index (χ2v) is 5.75. The molecule has 100 valence electrons. The van der Waals surface area contributed by atoms with Gasteiger partial charge in [-0.1, -0.05) is 22.9 Å². The van der Waals surface area contributed by atoms with Gasteiger partial charge in [0.25, 0.3) is 0 Å². The first-order valence-corrected chi connectivity index (χ1v) is 7.43. The Morgan fingerprint density at radius 1 is 1.50 bits per heavy atom. The van der Waals surface area contributed by atoms with E-state index < -0.39 is 0 Å². The van der Waals surface area contributed by atoms with Gasteiger partial charge in [0.2, 0.25) is 0 Å². The molecule has 1 fully saturated rings. The quantitative estimate of drug-likeness (QED) is 0.914. The SMILES string of the molecule is CCCNC1CCCN(c2ccc(Br)cc2F)C1. The number of nitrogens with one attached hydrogen (secondary N) is 1. The Hall–Kier alpha value is -0.610. The number of hydrogen-bond acceptors (Lipinski definition) is 2. The van der Waals surface area contributed by atoms with Crippen molar-refractivity contribution in [3.63, 3.8) is 0 Å². The lowest BCUT2D eigenvalue weighted by Crippen LogP contribution is -2.46. The fraction of sp³-hybridized carbons (Fsp3) is 0.571. The number of halogens is 2. The summed E-state index contributed by atoms with van der Waals surface area (Å²) in [6.07, 6.45) is 3.45. The average molecular weight is 315 g/mol. The number of nitrogens with zero attached hydrogens (tertiary/aromatic N) is 1. The van der Waals surface area contributed by atoms with Crippen LogP contribution in [0, 0.1) is 5.82 Å². The molecule has 1 aromatic rings. The van der Waals surface area contributed by atoms with Crippen molar-refractivity contribution in [3.05, 3.63) is 28.5 Å². The van der Waals surface area contributed by atoms with Crippen molar-refractivity contribution in [3.8, 4) is 0 Å². The van der Waals surface area contributed by atoms with Crippen molar-refractivity contribution in [1.29, 1.82) is 0 Å². The average Bonchev–Trinajstić information content (AvgIpc) is 2.36. The molecule has 1 aliphatic heterocycles. The molecule has 0 saturated carbocycles. The molecule has 0 spiro atoms. The largest absolute Gasteiger partial charge is 0.368 e. The molecule has 0 radical (unpaired) electrons. The molecular formula is C14H20BrFN2. The Bertz CT molecular complexity index is 397. The van der Waals surface area contributed by atoms with Crippen LogP contribution in [0.25, 0.3) is 0 Å². The Kier molecular flexibility index (Phi) is 5.01. The first kappa shape index (κ1) is 13.8. The van der Waals surface area contributed by atoms with E-state index in [1.165, 1.54) is 6.42 Å². The number of benzene rings is 1. The van der Waals surface area contributed by atoms with Crippen LogP contribution in [0.4, 0.5) is 10.1 Å². The molecule has 0 amide bonds. The molecule has 18 heavy (non-hydrogen) atoms. The molecule has 1 aromatic carbocycles. The summed E-state index contributed by atoms with van der Waals surface area (Å²) in [6, 6.07) is 5.79. The van der Waals surface area contributed by atoms with E-state index >= 15 is 0 Å². The van der Waals surface area contributed by atoms with E-state index in [0.29, 0.717) is 6.04 Å². The molecule has 1 saturated heterocycles. The highest BCUT2D eigenvalue weighted by molar-refractivity contribution is 9.10. The van der Waals surface area contributed by atoms with Crippen LogP contribution in [0.2, 0.25) is 0 Å². The number of anilines is 1. The molecule has 1 heterocycles. The lowest BCUT2D eigenvalue weighted by atomic mass is 10.0. The fourth-order valence-electron chi connectivity index (χ4n) is 2.45. The lowest BCUT2D eigenvalue weighted by Gasteiger charge is -2.35. The van der Waals surface area contributed by atoms with Gasteiger partial charge in [-0.25, -0.2) is 4.39 Å².